The van der Waals surface area contributed by atoms with Crippen LogP contribution in [0.4, 0.5) is 0 Å². The van der Waals surface area contributed by atoms with Gasteiger partial charge in [0.05, 0.1) is 25.4 Å². The first-order valence-corrected chi connectivity index (χ1v) is 4.63. The molecule has 1 spiro atoms. The van der Waals surface area contributed by atoms with Gasteiger partial charge in [0.1, 0.15) is 11.3 Å². The summed E-state index contributed by atoms with van der Waals surface area (Å²) in [5.74, 6) is -1.16. The second-order valence-electron chi connectivity index (χ2n) is 3.99. The largest absolute Gasteiger partial charge is 0.386 e. The van der Waals surface area contributed by atoms with Crippen LogP contribution in [-0.4, -0.2) is 25.0 Å². The predicted octanol–water partition coefficient (Wildman–Crippen LogP) is -0.519. The average molecular weight is 204 g/mol. The Morgan fingerprint density at radius 1 is 1.27 bits per heavy atom. The minimum absolute atomic E-state index is 0.161. The summed E-state index contributed by atoms with van der Waals surface area (Å²) in [6.07, 6.45) is 0.350. The highest BCUT2D eigenvalue weighted by Crippen LogP contribution is 2.74. The maximum atomic E-state index is 9.22. The van der Waals surface area contributed by atoms with Gasteiger partial charge in [0, 0.05) is 6.42 Å². The van der Waals surface area contributed by atoms with Gasteiger partial charge in [0.15, 0.2) is 5.41 Å². The zero-order chi connectivity index (χ0) is 10.7. The number of hydrogen-bond donors (Lipinski definition) is 1. The number of nitriles is 2. The molecule has 15 heavy (non-hydrogen) atoms. The van der Waals surface area contributed by atoms with Crippen LogP contribution in [0.1, 0.15) is 6.42 Å². The van der Waals surface area contributed by atoms with Gasteiger partial charge in [-0.1, -0.05) is 0 Å². The third-order valence-electron chi connectivity index (χ3n) is 3.44. The highest BCUT2D eigenvalue weighted by atomic mass is 16.8. The molecule has 0 aromatic heterocycles. The molecule has 0 amide bonds. The number of nitrogens with zero attached hydrogens (tertiary/aromatic N) is 3. The molecular weight excluding hydrogens is 196 g/mol. The van der Waals surface area contributed by atoms with Gasteiger partial charge in [0.25, 0.3) is 5.91 Å². The first-order chi connectivity index (χ1) is 7.16. The molecule has 0 aromatic carbocycles. The van der Waals surface area contributed by atoms with E-state index in [0.29, 0.717) is 19.6 Å². The Labute approximate surface area is 85.9 Å². The maximum Gasteiger partial charge on any atom is 0.292 e. The second kappa shape index (κ2) is 2.13. The van der Waals surface area contributed by atoms with Gasteiger partial charge in [0.2, 0.25) is 0 Å². The molecule has 2 N–H and O–H groups in total. The van der Waals surface area contributed by atoms with Gasteiger partial charge in [-0.25, -0.2) is 4.99 Å². The number of rotatable bonds is 0. The molecule has 76 valence electrons. The molecule has 6 heteroatoms. The van der Waals surface area contributed by atoms with Gasteiger partial charge >= 0.3 is 0 Å². The number of aliphatic imine (C=N–C) groups is 1. The van der Waals surface area contributed by atoms with E-state index in [1.54, 1.807) is 0 Å². The molecule has 0 unspecified atom stereocenters. The average Bonchev–Trinajstić information content (AvgIpc) is 2.67. The van der Waals surface area contributed by atoms with E-state index in [2.05, 4.69) is 17.1 Å². The van der Waals surface area contributed by atoms with Crippen LogP contribution < -0.4 is 5.73 Å². The number of fused-ring (bicyclic) bond motifs is 2. The summed E-state index contributed by atoms with van der Waals surface area (Å²) < 4.78 is 10.8. The fourth-order valence-electron chi connectivity index (χ4n) is 2.50. The van der Waals surface area contributed by atoms with Crippen LogP contribution in [-0.2, 0) is 9.47 Å². The van der Waals surface area contributed by atoms with E-state index in [1.165, 1.54) is 0 Å². The molecule has 1 saturated carbocycles. The Bertz CT molecular complexity index is 454. The quantitative estimate of drug-likeness (QED) is 0.571. The highest BCUT2D eigenvalue weighted by Gasteiger charge is 2.87. The lowest BCUT2D eigenvalue weighted by Crippen LogP contribution is -2.37. The van der Waals surface area contributed by atoms with Crippen molar-refractivity contribution in [2.24, 2.45) is 21.6 Å². The fraction of sp³-hybridized carbons (Fsp3) is 0.667. The lowest BCUT2D eigenvalue weighted by atomic mass is 9.94. The molecule has 2 atom stereocenters. The van der Waals surface area contributed by atoms with Gasteiger partial charge in [-0.3, -0.25) is 0 Å². The van der Waals surface area contributed by atoms with E-state index in [0.717, 1.165) is 0 Å². The minimum atomic E-state index is -1.32. The lowest BCUT2D eigenvalue weighted by Gasteiger charge is -2.23. The normalized spacial score (nSPS) is 44.3. The second-order valence-corrected chi connectivity index (χ2v) is 3.99. The zero-order valence-corrected chi connectivity index (χ0v) is 7.86. The van der Waals surface area contributed by atoms with Crippen molar-refractivity contribution >= 4 is 5.84 Å². The van der Waals surface area contributed by atoms with E-state index < -0.39 is 16.7 Å². The number of amidine groups is 1. The van der Waals surface area contributed by atoms with Crippen molar-refractivity contribution in [3.8, 4) is 12.1 Å². The molecule has 2 aliphatic heterocycles. The summed E-state index contributed by atoms with van der Waals surface area (Å²) >= 11 is 0. The standard InChI is InChI=1S/C9H8N4O2/c10-4-7-3-8(7,5-11)9(13-6(7)12)14-1-2-15-9/h1-3H2,(H2,12,13)/t7-,8-/m0/s1. The molecule has 2 fully saturated rings. The van der Waals surface area contributed by atoms with Gasteiger partial charge in [-0.2, -0.15) is 10.5 Å². The van der Waals surface area contributed by atoms with Gasteiger partial charge < -0.3 is 15.2 Å². The molecule has 3 rings (SSSR count). The molecule has 1 aliphatic carbocycles. The van der Waals surface area contributed by atoms with E-state index in [-0.39, 0.29) is 5.84 Å². The van der Waals surface area contributed by atoms with Crippen molar-refractivity contribution in [1.82, 2.24) is 0 Å². The SMILES string of the molecule is N#C[C@@]12C[C@]1(C#N)C(N)=NC21OCCO1. The molecule has 2 heterocycles. The molecule has 6 nitrogen and oxygen atoms in total. The molecule has 0 radical (unpaired) electrons. The van der Waals surface area contributed by atoms with Crippen LogP contribution in [0.5, 0.6) is 0 Å². The Morgan fingerprint density at radius 2 is 1.93 bits per heavy atom. The Hall–Kier alpha value is -1.63. The number of ether oxygens (including phenoxy) is 2. The fourth-order valence-corrected chi connectivity index (χ4v) is 2.50. The smallest absolute Gasteiger partial charge is 0.292 e. The summed E-state index contributed by atoms with van der Waals surface area (Å²) in [6, 6.07) is 4.17. The third kappa shape index (κ3) is 0.619. The van der Waals surface area contributed by atoms with Crippen molar-refractivity contribution in [1.29, 1.82) is 10.5 Å². The van der Waals surface area contributed by atoms with Crippen LogP contribution >= 0.6 is 0 Å². The van der Waals surface area contributed by atoms with Crippen LogP contribution in [0.15, 0.2) is 4.99 Å². The third-order valence-corrected chi connectivity index (χ3v) is 3.44. The summed E-state index contributed by atoms with van der Waals surface area (Å²) in [7, 11) is 0. The highest BCUT2D eigenvalue weighted by molar-refractivity contribution is 5.97. The van der Waals surface area contributed by atoms with Crippen LogP contribution in [0.3, 0.4) is 0 Å². The van der Waals surface area contributed by atoms with Crippen molar-refractivity contribution in [2.75, 3.05) is 13.2 Å². The van der Waals surface area contributed by atoms with E-state index in [1.807, 2.05) is 0 Å². The zero-order valence-electron chi connectivity index (χ0n) is 7.86. The Kier molecular flexibility index (Phi) is 1.23. The predicted molar refractivity (Wildman–Crippen MR) is 47.0 cm³/mol. The monoisotopic (exact) mass is 204 g/mol. The first-order valence-electron chi connectivity index (χ1n) is 4.63. The van der Waals surface area contributed by atoms with Crippen molar-refractivity contribution < 1.29 is 9.47 Å². The summed E-state index contributed by atoms with van der Waals surface area (Å²) in [6.45, 7) is 0.753. The Balaban J connectivity index is 2.17. The topological polar surface area (TPSA) is 104 Å². The first kappa shape index (κ1) is 8.66. The maximum absolute atomic E-state index is 9.22. The van der Waals surface area contributed by atoms with E-state index in [4.69, 9.17) is 20.5 Å². The molecule has 1 saturated heterocycles. The lowest BCUT2D eigenvalue weighted by molar-refractivity contribution is -0.182. The van der Waals surface area contributed by atoms with Crippen LogP contribution in [0.25, 0.3) is 0 Å². The molecule has 0 aromatic rings. The Morgan fingerprint density at radius 3 is 2.40 bits per heavy atom. The molecule has 3 aliphatic rings. The molecular formula is C9H8N4O2. The van der Waals surface area contributed by atoms with Gasteiger partial charge in [-0.05, 0) is 0 Å². The van der Waals surface area contributed by atoms with Crippen molar-refractivity contribution in [2.45, 2.75) is 12.3 Å². The molecule has 0 bridgehead atoms. The van der Waals surface area contributed by atoms with E-state index >= 15 is 0 Å². The summed E-state index contributed by atoms with van der Waals surface area (Å²) in [4.78, 5) is 4.04. The minimum Gasteiger partial charge on any atom is -0.386 e. The van der Waals surface area contributed by atoms with Gasteiger partial charge in [-0.15, -0.1) is 0 Å². The summed E-state index contributed by atoms with van der Waals surface area (Å²) in [5.41, 5.74) is 3.67. The van der Waals surface area contributed by atoms with E-state index in [9.17, 15) is 5.26 Å². The number of nitrogens with two attached hydrogens (primary N) is 1. The number of hydrogen-bond acceptors (Lipinski definition) is 6. The van der Waals surface area contributed by atoms with Crippen LogP contribution in [0.2, 0.25) is 0 Å². The van der Waals surface area contributed by atoms with Crippen LogP contribution in [0, 0.1) is 33.5 Å². The summed E-state index contributed by atoms with van der Waals surface area (Å²) in [5, 5.41) is 18.3. The van der Waals surface area contributed by atoms with Crippen molar-refractivity contribution in [3.63, 3.8) is 0 Å². The van der Waals surface area contributed by atoms with Crippen molar-refractivity contribution in [3.05, 3.63) is 0 Å².